The van der Waals surface area contributed by atoms with E-state index in [9.17, 15) is 38.7 Å². The highest BCUT2D eigenvalue weighted by molar-refractivity contribution is 5.95. The quantitative estimate of drug-likeness (QED) is 0.105. The van der Waals surface area contributed by atoms with Gasteiger partial charge >= 0.3 is 17.9 Å². The van der Waals surface area contributed by atoms with Crippen molar-refractivity contribution in [3.05, 3.63) is 35.9 Å². The van der Waals surface area contributed by atoms with Crippen LogP contribution in [0.4, 0.5) is 0 Å². The van der Waals surface area contributed by atoms with Crippen LogP contribution in [-0.4, -0.2) is 81.0 Å². The first kappa shape index (κ1) is 31.5. The molecular formula is C23H31N5O10. The largest absolute Gasteiger partial charge is 0.481 e. The zero-order valence-corrected chi connectivity index (χ0v) is 20.3. The van der Waals surface area contributed by atoms with E-state index in [2.05, 4.69) is 16.0 Å². The fourth-order valence-corrected chi connectivity index (χ4v) is 3.24. The summed E-state index contributed by atoms with van der Waals surface area (Å²) < 4.78 is 0. The number of amides is 4. The molecule has 38 heavy (non-hydrogen) atoms. The van der Waals surface area contributed by atoms with Crippen molar-refractivity contribution in [1.82, 2.24) is 16.0 Å². The predicted molar refractivity (Wildman–Crippen MR) is 129 cm³/mol. The van der Waals surface area contributed by atoms with Crippen molar-refractivity contribution < 1.29 is 48.9 Å². The second-order valence-corrected chi connectivity index (χ2v) is 8.35. The van der Waals surface area contributed by atoms with E-state index in [1.54, 1.807) is 30.3 Å². The standard InChI is InChI=1S/C23H31N5O10/c24-13(11-19(32)33)20(34)26-14(6-8-17(25)29)21(35)28-16(10-12-4-2-1-3-5-12)22(36)27-15(23(37)38)7-9-18(30)31/h1-5,13-16H,6-11,24H2,(H2,25,29)(H,26,34)(H,27,36)(H,28,35)(H,30,31)(H,32,33)(H,37,38). The van der Waals surface area contributed by atoms with Crippen LogP contribution in [0.2, 0.25) is 0 Å². The number of carbonyl (C=O) groups is 7. The van der Waals surface area contributed by atoms with Gasteiger partial charge in [-0.15, -0.1) is 0 Å². The Bertz CT molecular complexity index is 1030. The number of hydrogen-bond donors (Lipinski definition) is 8. The summed E-state index contributed by atoms with van der Waals surface area (Å²) in [5.74, 6) is -7.80. The number of nitrogens with one attached hydrogen (secondary N) is 3. The molecule has 0 aliphatic heterocycles. The Labute approximate surface area is 216 Å². The molecule has 1 aromatic carbocycles. The molecule has 4 atom stereocenters. The van der Waals surface area contributed by atoms with E-state index >= 15 is 0 Å². The van der Waals surface area contributed by atoms with Gasteiger partial charge in [-0.2, -0.15) is 0 Å². The van der Waals surface area contributed by atoms with E-state index in [0.717, 1.165) is 0 Å². The Kier molecular flexibility index (Phi) is 12.9. The number of hydrogen-bond acceptors (Lipinski definition) is 8. The van der Waals surface area contributed by atoms with Crippen LogP contribution in [0.25, 0.3) is 0 Å². The molecule has 0 heterocycles. The van der Waals surface area contributed by atoms with Crippen molar-refractivity contribution in [3.8, 4) is 0 Å². The first-order valence-corrected chi connectivity index (χ1v) is 11.5. The maximum absolute atomic E-state index is 13.1. The molecule has 208 valence electrons. The molecule has 0 saturated heterocycles. The number of aliphatic carboxylic acids is 3. The fourth-order valence-electron chi connectivity index (χ4n) is 3.24. The molecule has 0 aliphatic carbocycles. The lowest BCUT2D eigenvalue weighted by molar-refractivity contribution is -0.143. The normalized spacial score (nSPS) is 13.7. The molecule has 0 spiro atoms. The second kappa shape index (κ2) is 15.6. The van der Waals surface area contributed by atoms with Gasteiger partial charge in [0, 0.05) is 19.3 Å². The highest BCUT2D eigenvalue weighted by Crippen LogP contribution is 2.07. The third-order valence-electron chi connectivity index (χ3n) is 5.22. The molecule has 15 nitrogen and oxygen atoms in total. The number of primary amides is 1. The summed E-state index contributed by atoms with van der Waals surface area (Å²) >= 11 is 0. The Morgan fingerprint density at radius 2 is 1.24 bits per heavy atom. The van der Waals surface area contributed by atoms with Crippen LogP contribution in [0.15, 0.2) is 30.3 Å². The van der Waals surface area contributed by atoms with Gasteiger partial charge in [0.2, 0.25) is 23.6 Å². The number of rotatable bonds is 17. The van der Waals surface area contributed by atoms with Crippen molar-refractivity contribution in [2.24, 2.45) is 11.5 Å². The molecule has 15 heteroatoms. The third-order valence-corrected chi connectivity index (χ3v) is 5.22. The van der Waals surface area contributed by atoms with Crippen LogP contribution in [-0.2, 0) is 40.0 Å². The molecule has 1 rings (SSSR count). The molecule has 1 aromatic rings. The topological polar surface area (TPSA) is 268 Å². The van der Waals surface area contributed by atoms with Crippen molar-refractivity contribution in [2.45, 2.75) is 62.7 Å². The van der Waals surface area contributed by atoms with Crippen LogP contribution >= 0.6 is 0 Å². The summed E-state index contributed by atoms with van der Waals surface area (Å²) in [7, 11) is 0. The summed E-state index contributed by atoms with van der Waals surface area (Å²) in [6.07, 6.45) is -2.45. The van der Waals surface area contributed by atoms with Gasteiger partial charge in [0.15, 0.2) is 0 Å². The minimum absolute atomic E-state index is 0.112. The monoisotopic (exact) mass is 537 g/mol. The number of carboxylic acids is 3. The van der Waals surface area contributed by atoms with Gasteiger partial charge in [0.1, 0.15) is 18.1 Å². The molecule has 0 aliphatic rings. The smallest absolute Gasteiger partial charge is 0.326 e. The highest BCUT2D eigenvalue weighted by Gasteiger charge is 2.31. The van der Waals surface area contributed by atoms with E-state index in [-0.39, 0.29) is 19.3 Å². The van der Waals surface area contributed by atoms with Crippen LogP contribution in [0.1, 0.15) is 37.7 Å². The van der Waals surface area contributed by atoms with Gasteiger partial charge in [-0.1, -0.05) is 30.3 Å². The zero-order chi connectivity index (χ0) is 28.8. The highest BCUT2D eigenvalue weighted by atomic mass is 16.4. The van der Waals surface area contributed by atoms with Gasteiger partial charge < -0.3 is 42.7 Å². The van der Waals surface area contributed by atoms with Crippen LogP contribution in [0, 0.1) is 0 Å². The minimum atomic E-state index is -1.56. The number of carboxylic acid groups (broad SMARTS) is 3. The summed E-state index contributed by atoms with van der Waals surface area (Å²) in [6.45, 7) is 0. The number of benzene rings is 1. The Balaban J connectivity index is 3.15. The average molecular weight is 538 g/mol. The fraction of sp³-hybridized carbons (Fsp3) is 0.435. The summed E-state index contributed by atoms with van der Waals surface area (Å²) in [5.41, 5.74) is 11.2. The van der Waals surface area contributed by atoms with E-state index in [0.29, 0.717) is 5.56 Å². The van der Waals surface area contributed by atoms with Crippen molar-refractivity contribution in [1.29, 1.82) is 0 Å². The molecule has 4 amide bonds. The zero-order valence-electron chi connectivity index (χ0n) is 20.3. The van der Waals surface area contributed by atoms with Crippen molar-refractivity contribution in [3.63, 3.8) is 0 Å². The SMILES string of the molecule is NC(=O)CCC(NC(=O)C(N)CC(=O)O)C(=O)NC(Cc1ccccc1)C(=O)NC(CCC(=O)O)C(=O)O. The summed E-state index contributed by atoms with van der Waals surface area (Å²) in [5, 5.41) is 33.9. The molecule has 10 N–H and O–H groups in total. The molecule has 0 fully saturated rings. The Morgan fingerprint density at radius 1 is 0.711 bits per heavy atom. The van der Waals surface area contributed by atoms with Crippen molar-refractivity contribution >= 4 is 41.5 Å². The maximum atomic E-state index is 13.1. The number of carbonyl (C=O) groups excluding carboxylic acids is 4. The molecule has 0 bridgehead atoms. The van der Waals surface area contributed by atoms with E-state index in [1.807, 2.05) is 0 Å². The van der Waals surface area contributed by atoms with Gasteiger partial charge in [-0.3, -0.25) is 28.8 Å². The maximum Gasteiger partial charge on any atom is 0.326 e. The van der Waals surface area contributed by atoms with Crippen LogP contribution in [0.3, 0.4) is 0 Å². The molecule has 0 radical (unpaired) electrons. The average Bonchev–Trinajstić information content (AvgIpc) is 2.83. The Morgan fingerprint density at radius 3 is 1.76 bits per heavy atom. The first-order valence-electron chi connectivity index (χ1n) is 11.5. The predicted octanol–water partition coefficient (Wildman–Crippen LogP) is -2.30. The number of nitrogens with two attached hydrogens (primary N) is 2. The second-order valence-electron chi connectivity index (χ2n) is 8.35. The van der Waals surface area contributed by atoms with Gasteiger partial charge in [-0.05, 0) is 18.4 Å². The van der Waals surface area contributed by atoms with Crippen molar-refractivity contribution in [2.75, 3.05) is 0 Å². The van der Waals surface area contributed by atoms with Gasteiger partial charge in [-0.25, -0.2) is 4.79 Å². The minimum Gasteiger partial charge on any atom is -0.481 e. The molecule has 0 saturated carbocycles. The lowest BCUT2D eigenvalue weighted by atomic mass is 10.0. The Hall–Kier alpha value is -4.53. The van der Waals surface area contributed by atoms with E-state index < -0.39 is 85.0 Å². The van der Waals surface area contributed by atoms with E-state index in [1.165, 1.54) is 0 Å². The molecular weight excluding hydrogens is 506 g/mol. The molecule has 4 unspecified atom stereocenters. The van der Waals surface area contributed by atoms with Crippen LogP contribution < -0.4 is 27.4 Å². The molecule has 0 aromatic heterocycles. The lowest BCUT2D eigenvalue weighted by Crippen LogP contribution is -2.57. The van der Waals surface area contributed by atoms with Crippen LogP contribution in [0.5, 0.6) is 0 Å². The van der Waals surface area contributed by atoms with E-state index in [4.69, 9.17) is 21.7 Å². The van der Waals surface area contributed by atoms with Gasteiger partial charge in [0.05, 0.1) is 12.5 Å². The van der Waals surface area contributed by atoms with Gasteiger partial charge in [0.25, 0.3) is 0 Å². The lowest BCUT2D eigenvalue weighted by Gasteiger charge is -2.25. The third kappa shape index (κ3) is 11.9. The summed E-state index contributed by atoms with van der Waals surface area (Å²) in [6, 6.07) is 2.43. The summed E-state index contributed by atoms with van der Waals surface area (Å²) in [4.78, 5) is 82.9. The first-order chi connectivity index (χ1) is 17.8.